The summed E-state index contributed by atoms with van der Waals surface area (Å²) in [7, 11) is 4.71. The predicted molar refractivity (Wildman–Crippen MR) is 118 cm³/mol. The number of methoxy groups -OCH3 is 3. The van der Waals surface area contributed by atoms with Crippen LogP contribution in [0.5, 0.6) is 23.0 Å². The fourth-order valence-corrected chi connectivity index (χ4v) is 4.33. The number of nitrogens with zero attached hydrogens (tertiary/aromatic N) is 1. The van der Waals surface area contributed by atoms with Crippen LogP contribution in [0.25, 0.3) is 0 Å². The van der Waals surface area contributed by atoms with Crippen molar-refractivity contribution in [3.63, 3.8) is 0 Å². The molecule has 1 N–H and O–H groups in total. The molecule has 1 aliphatic rings. The van der Waals surface area contributed by atoms with Gasteiger partial charge in [-0.25, -0.2) is 0 Å². The minimum atomic E-state index is -0.814. The van der Waals surface area contributed by atoms with E-state index in [1.165, 1.54) is 0 Å². The molecule has 7 heteroatoms. The first kappa shape index (κ1) is 22.7. The van der Waals surface area contributed by atoms with Crippen molar-refractivity contribution in [2.45, 2.75) is 38.3 Å². The van der Waals surface area contributed by atoms with Crippen molar-refractivity contribution in [3.8, 4) is 23.0 Å². The third-order valence-corrected chi connectivity index (χ3v) is 5.68. The standard InChI is InChI=1S/C24H31NO6/c1-5-31-19-12-7-6-10-17(19)22(25-13-9-8-11-18(25)24(26)27)16-14-20(28-2)23(30-4)21(15-16)29-3/h6-7,10,12,14-15,18,22H,5,8-9,11,13H2,1-4H3,(H,26,27). The third-order valence-electron chi connectivity index (χ3n) is 5.68. The van der Waals surface area contributed by atoms with Gasteiger partial charge in [0.15, 0.2) is 11.5 Å². The van der Waals surface area contributed by atoms with Gasteiger partial charge < -0.3 is 24.1 Å². The molecule has 1 heterocycles. The maximum absolute atomic E-state index is 12.1. The molecule has 2 aromatic rings. The number of hydrogen-bond donors (Lipinski definition) is 1. The van der Waals surface area contributed by atoms with Crippen molar-refractivity contribution < 1.29 is 28.8 Å². The Morgan fingerprint density at radius 2 is 1.74 bits per heavy atom. The smallest absolute Gasteiger partial charge is 0.320 e. The summed E-state index contributed by atoms with van der Waals surface area (Å²) in [5.41, 5.74) is 1.77. The van der Waals surface area contributed by atoms with Crippen LogP contribution in [0, 0.1) is 0 Å². The van der Waals surface area contributed by atoms with Crippen LogP contribution in [0.1, 0.15) is 43.4 Å². The summed E-state index contributed by atoms with van der Waals surface area (Å²) < 4.78 is 22.6. The Balaban J connectivity index is 2.23. The SMILES string of the molecule is CCOc1ccccc1C(c1cc(OC)c(OC)c(OC)c1)N1CCCCC1C(=O)O. The average molecular weight is 430 g/mol. The first-order chi connectivity index (χ1) is 15.0. The van der Waals surface area contributed by atoms with Crippen molar-refractivity contribution in [2.75, 3.05) is 34.5 Å². The molecule has 0 saturated carbocycles. The van der Waals surface area contributed by atoms with E-state index in [9.17, 15) is 9.90 Å². The molecule has 2 aromatic carbocycles. The van der Waals surface area contributed by atoms with E-state index in [2.05, 4.69) is 0 Å². The molecule has 0 aromatic heterocycles. The summed E-state index contributed by atoms with van der Waals surface area (Å²) in [5, 5.41) is 9.97. The molecule has 3 rings (SSSR count). The molecule has 2 atom stereocenters. The number of carboxylic acid groups (broad SMARTS) is 1. The first-order valence-corrected chi connectivity index (χ1v) is 10.6. The summed E-state index contributed by atoms with van der Waals surface area (Å²) in [6.45, 7) is 3.12. The number of aliphatic carboxylic acids is 1. The molecule has 31 heavy (non-hydrogen) atoms. The van der Waals surface area contributed by atoms with Gasteiger partial charge in [-0.2, -0.15) is 0 Å². The lowest BCUT2D eigenvalue weighted by Crippen LogP contribution is -2.47. The highest BCUT2D eigenvalue weighted by Gasteiger charge is 2.37. The normalized spacial score (nSPS) is 17.6. The zero-order valence-corrected chi connectivity index (χ0v) is 18.6. The van der Waals surface area contributed by atoms with Crippen molar-refractivity contribution >= 4 is 5.97 Å². The molecule has 0 amide bonds. The topological polar surface area (TPSA) is 77.5 Å². The van der Waals surface area contributed by atoms with Crippen molar-refractivity contribution in [1.29, 1.82) is 0 Å². The minimum Gasteiger partial charge on any atom is -0.494 e. The highest BCUT2D eigenvalue weighted by Crippen LogP contribution is 2.45. The summed E-state index contributed by atoms with van der Waals surface area (Å²) in [4.78, 5) is 14.2. The molecule has 7 nitrogen and oxygen atoms in total. The maximum Gasteiger partial charge on any atom is 0.320 e. The Hall–Kier alpha value is -2.93. The van der Waals surface area contributed by atoms with E-state index in [4.69, 9.17) is 18.9 Å². The Morgan fingerprint density at radius 1 is 1.06 bits per heavy atom. The number of benzene rings is 2. The quantitative estimate of drug-likeness (QED) is 0.642. The van der Waals surface area contributed by atoms with Gasteiger partial charge in [0.25, 0.3) is 0 Å². The summed E-state index contributed by atoms with van der Waals surface area (Å²) in [5.74, 6) is 1.47. The van der Waals surface area contributed by atoms with Gasteiger partial charge in [0, 0.05) is 5.56 Å². The molecule has 1 fully saturated rings. The molecule has 1 aliphatic heterocycles. The van der Waals surface area contributed by atoms with Crippen LogP contribution < -0.4 is 18.9 Å². The number of rotatable bonds is 9. The zero-order chi connectivity index (χ0) is 22.4. The number of likely N-dealkylation sites (tertiary alicyclic amines) is 1. The monoisotopic (exact) mass is 429 g/mol. The highest BCUT2D eigenvalue weighted by molar-refractivity contribution is 5.74. The lowest BCUT2D eigenvalue weighted by Gasteiger charge is -2.40. The summed E-state index contributed by atoms with van der Waals surface area (Å²) >= 11 is 0. The van der Waals surface area contributed by atoms with Crippen LogP contribution in [-0.4, -0.2) is 56.5 Å². The fourth-order valence-electron chi connectivity index (χ4n) is 4.33. The second-order valence-electron chi connectivity index (χ2n) is 7.42. The second-order valence-corrected chi connectivity index (χ2v) is 7.42. The van der Waals surface area contributed by atoms with Crippen LogP contribution in [-0.2, 0) is 4.79 Å². The van der Waals surface area contributed by atoms with E-state index < -0.39 is 12.0 Å². The van der Waals surface area contributed by atoms with Gasteiger partial charge in [-0.05, 0) is 50.1 Å². The van der Waals surface area contributed by atoms with Gasteiger partial charge in [-0.3, -0.25) is 9.69 Å². The van der Waals surface area contributed by atoms with Gasteiger partial charge in [-0.15, -0.1) is 0 Å². The maximum atomic E-state index is 12.1. The number of carboxylic acids is 1. The van der Waals surface area contributed by atoms with E-state index >= 15 is 0 Å². The van der Waals surface area contributed by atoms with Gasteiger partial charge in [0.05, 0.1) is 34.0 Å². The minimum absolute atomic E-state index is 0.349. The number of para-hydroxylation sites is 1. The number of hydrogen-bond acceptors (Lipinski definition) is 6. The predicted octanol–water partition coefficient (Wildman–Crippen LogP) is 4.14. The molecular formula is C24H31NO6. The van der Waals surface area contributed by atoms with Crippen LogP contribution in [0.4, 0.5) is 0 Å². The lowest BCUT2D eigenvalue weighted by atomic mass is 9.90. The molecule has 0 bridgehead atoms. The zero-order valence-electron chi connectivity index (χ0n) is 18.6. The third kappa shape index (κ3) is 4.71. The molecule has 0 radical (unpaired) electrons. The second kappa shape index (κ2) is 10.4. The molecule has 1 saturated heterocycles. The van der Waals surface area contributed by atoms with Crippen LogP contribution in [0.2, 0.25) is 0 Å². The van der Waals surface area contributed by atoms with Gasteiger partial charge in [0.2, 0.25) is 5.75 Å². The highest BCUT2D eigenvalue weighted by atomic mass is 16.5. The summed E-state index contributed by atoms with van der Waals surface area (Å²) in [6.07, 6.45) is 2.43. The fraction of sp³-hybridized carbons (Fsp3) is 0.458. The van der Waals surface area contributed by atoms with Gasteiger partial charge in [0.1, 0.15) is 11.8 Å². The summed E-state index contributed by atoms with van der Waals surface area (Å²) in [6, 6.07) is 10.6. The Kier molecular flexibility index (Phi) is 7.63. The molecule has 0 spiro atoms. The van der Waals surface area contributed by atoms with Gasteiger partial charge >= 0.3 is 5.97 Å². The molecule has 2 unspecified atom stereocenters. The van der Waals surface area contributed by atoms with Crippen LogP contribution in [0.3, 0.4) is 0 Å². The van der Waals surface area contributed by atoms with Gasteiger partial charge in [-0.1, -0.05) is 24.6 Å². The van der Waals surface area contributed by atoms with E-state index in [1.807, 2.05) is 48.2 Å². The van der Waals surface area contributed by atoms with Crippen LogP contribution in [0.15, 0.2) is 36.4 Å². The number of piperidine rings is 1. The Bertz CT molecular complexity index is 874. The van der Waals surface area contributed by atoms with Crippen molar-refractivity contribution in [3.05, 3.63) is 47.5 Å². The van der Waals surface area contributed by atoms with E-state index in [-0.39, 0.29) is 6.04 Å². The lowest BCUT2D eigenvalue weighted by molar-refractivity contribution is -0.145. The van der Waals surface area contributed by atoms with E-state index in [0.717, 1.165) is 29.7 Å². The molecule has 168 valence electrons. The van der Waals surface area contributed by atoms with Crippen molar-refractivity contribution in [2.24, 2.45) is 0 Å². The molecule has 0 aliphatic carbocycles. The average Bonchev–Trinajstić information content (AvgIpc) is 2.80. The van der Waals surface area contributed by atoms with E-state index in [1.54, 1.807) is 21.3 Å². The Labute approximate surface area is 183 Å². The Morgan fingerprint density at radius 3 is 2.32 bits per heavy atom. The van der Waals surface area contributed by atoms with Crippen molar-refractivity contribution in [1.82, 2.24) is 4.90 Å². The largest absolute Gasteiger partial charge is 0.494 e. The number of ether oxygens (including phenoxy) is 4. The van der Waals surface area contributed by atoms with Crippen LogP contribution >= 0.6 is 0 Å². The number of carbonyl (C=O) groups is 1. The molecular weight excluding hydrogens is 398 g/mol. The van der Waals surface area contributed by atoms with E-state index in [0.29, 0.717) is 36.8 Å². The first-order valence-electron chi connectivity index (χ1n) is 10.6.